The summed E-state index contributed by atoms with van der Waals surface area (Å²) < 4.78 is 0. The fourth-order valence-corrected chi connectivity index (χ4v) is 5.65. The highest BCUT2D eigenvalue weighted by molar-refractivity contribution is 5.88. The zero-order valence-electron chi connectivity index (χ0n) is 18.8. The number of hydrogen-bond donors (Lipinski definition) is 2. The van der Waals surface area contributed by atoms with Gasteiger partial charge in [0.15, 0.2) is 0 Å². The van der Waals surface area contributed by atoms with Crippen LogP contribution in [0.4, 0.5) is 0 Å². The number of aromatic carboxylic acids is 1. The summed E-state index contributed by atoms with van der Waals surface area (Å²) in [6.45, 7) is 7.02. The van der Waals surface area contributed by atoms with Crippen molar-refractivity contribution in [3.8, 4) is 0 Å². The number of carboxylic acid groups (broad SMARTS) is 1. The van der Waals surface area contributed by atoms with E-state index in [1.165, 1.54) is 25.7 Å². The van der Waals surface area contributed by atoms with Gasteiger partial charge in [0.2, 0.25) is 0 Å². The van der Waals surface area contributed by atoms with Crippen molar-refractivity contribution in [2.75, 3.05) is 0 Å². The van der Waals surface area contributed by atoms with Crippen molar-refractivity contribution in [3.05, 3.63) is 53.6 Å². The topological polar surface area (TPSA) is 57.5 Å². The molecule has 0 saturated heterocycles. The second kappa shape index (κ2) is 9.96. The molecule has 0 amide bonds. The minimum absolute atomic E-state index is 0.322. The minimum Gasteiger partial charge on any atom is -0.478 e. The number of unbranched alkanes of at least 4 members (excludes halogenated alkanes) is 2. The fourth-order valence-electron chi connectivity index (χ4n) is 5.65. The van der Waals surface area contributed by atoms with Crippen molar-refractivity contribution in [2.24, 2.45) is 29.1 Å². The van der Waals surface area contributed by atoms with Crippen molar-refractivity contribution in [1.82, 2.24) is 0 Å². The van der Waals surface area contributed by atoms with E-state index in [4.69, 9.17) is 0 Å². The highest BCUT2D eigenvalue weighted by atomic mass is 16.4. The minimum atomic E-state index is -0.887. The van der Waals surface area contributed by atoms with Gasteiger partial charge in [-0.15, -0.1) is 0 Å². The van der Waals surface area contributed by atoms with Crippen LogP contribution in [0.2, 0.25) is 0 Å². The zero-order chi connectivity index (χ0) is 21.7. The Labute approximate surface area is 181 Å². The van der Waals surface area contributed by atoms with Crippen molar-refractivity contribution in [2.45, 2.75) is 71.8 Å². The van der Waals surface area contributed by atoms with Crippen LogP contribution in [0.1, 0.15) is 81.6 Å². The second-order valence-electron chi connectivity index (χ2n) is 9.94. The maximum atomic E-state index is 11.2. The molecule has 3 saturated carbocycles. The van der Waals surface area contributed by atoms with Crippen LogP contribution in [0.15, 0.2) is 42.5 Å². The van der Waals surface area contributed by atoms with E-state index in [1.54, 1.807) is 18.2 Å². The number of fused-ring (bicyclic) bond motifs is 2. The van der Waals surface area contributed by atoms with Crippen LogP contribution in [0, 0.1) is 29.1 Å². The Morgan fingerprint density at radius 3 is 2.77 bits per heavy atom. The van der Waals surface area contributed by atoms with Gasteiger partial charge < -0.3 is 10.2 Å². The molecule has 1 unspecified atom stereocenters. The van der Waals surface area contributed by atoms with E-state index in [1.807, 2.05) is 12.1 Å². The first-order valence-electron chi connectivity index (χ1n) is 11.7. The lowest BCUT2D eigenvalue weighted by Gasteiger charge is -2.62. The van der Waals surface area contributed by atoms with E-state index < -0.39 is 5.97 Å². The number of carboxylic acids is 1. The normalized spacial score (nSPS) is 28.5. The van der Waals surface area contributed by atoms with Crippen LogP contribution in [-0.2, 0) is 0 Å². The molecule has 30 heavy (non-hydrogen) atoms. The first-order valence-corrected chi connectivity index (χ1v) is 11.7. The smallest absolute Gasteiger partial charge is 0.335 e. The third-order valence-corrected chi connectivity index (χ3v) is 7.71. The first kappa shape index (κ1) is 22.8. The summed E-state index contributed by atoms with van der Waals surface area (Å²) in [5.41, 5.74) is 1.68. The molecule has 3 heteroatoms. The van der Waals surface area contributed by atoms with Gasteiger partial charge >= 0.3 is 5.97 Å². The summed E-state index contributed by atoms with van der Waals surface area (Å²) in [5.74, 6) is 1.74. The molecule has 1 aromatic rings. The lowest BCUT2D eigenvalue weighted by atomic mass is 9.43. The van der Waals surface area contributed by atoms with Crippen molar-refractivity contribution in [3.63, 3.8) is 0 Å². The number of allylic oxidation sites excluding steroid dienone is 2. The van der Waals surface area contributed by atoms with Crippen LogP contribution in [0.5, 0.6) is 0 Å². The number of benzene rings is 1. The molecule has 4 rings (SSSR count). The SMILES string of the molecule is CCCCC[C@H](O)/C=C/C1C[C@@H]2C[C@H]([C@@H]1C/C=C/c1cccc(C(=O)O)c1)C2(C)C. The molecule has 164 valence electrons. The van der Waals surface area contributed by atoms with E-state index >= 15 is 0 Å². The van der Waals surface area contributed by atoms with Gasteiger partial charge in [-0.1, -0.05) is 76.5 Å². The summed E-state index contributed by atoms with van der Waals surface area (Å²) in [5, 5.41) is 19.5. The Morgan fingerprint density at radius 1 is 1.27 bits per heavy atom. The van der Waals surface area contributed by atoms with Crippen molar-refractivity contribution < 1.29 is 15.0 Å². The quantitative estimate of drug-likeness (QED) is 0.338. The Balaban J connectivity index is 1.65. The largest absolute Gasteiger partial charge is 0.478 e. The van der Waals surface area contributed by atoms with Crippen molar-refractivity contribution in [1.29, 1.82) is 0 Å². The Kier molecular flexibility index (Phi) is 7.57. The molecule has 0 aromatic heterocycles. The molecule has 3 nitrogen and oxygen atoms in total. The first-order chi connectivity index (χ1) is 14.3. The predicted molar refractivity (Wildman–Crippen MR) is 123 cm³/mol. The summed E-state index contributed by atoms with van der Waals surface area (Å²) in [6.07, 6.45) is 16.2. The third-order valence-electron chi connectivity index (χ3n) is 7.71. The number of aliphatic hydroxyl groups excluding tert-OH is 1. The predicted octanol–water partition coefficient (Wildman–Crippen LogP) is 6.58. The van der Waals surface area contributed by atoms with Gasteiger partial charge in [-0.2, -0.15) is 0 Å². The summed E-state index contributed by atoms with van der Waals surface area (Å²) >= 11 is 0. The highest BCUT2D eigenvalue weighted by Gasteiger charge is 2.56. The summed E-state index contributed by atoms with van der Waals surface area (Å²) in [7, 11) is 0. The molecule has 5 atom stereocenters. The lowest BCUT2D eigenvalue weighted by molar-refractivity contribution is -0.123. The van der Waals surface area contributed by atoms with Gasteiger partial charge in [0.05, 0.1) is 11.7 Å². The molecule has 2 bridgehead atoms. The van der Waals surface area contributed by atoms with Gasteiger partial charge in [0.1, 0.15) is 0 Å². The average molecular weight is 411 g/mol. The second-order valence-corrected chi connectivity index (χ2v) is 9.94. The molecule has 1 aromatic carbocycles. The highest BCUT2D eigenvalue weighted by Crippen LogP contribution is 2.64. The molecule has 3 aliphatic rings. The van der Waals surface area contributed by atoms with E-state index in [0.29, 0.717) is 22.8 Å². The Hall–Kier alpha value is -1.87. The third kappa shape index (κ3) is 5.24. The van der Waals surface area contributed by atoms with Gasteiger partial charge in [0, 0.05) is 0 Å². The number of carbonyl (C=O) groups is 1. The van der Waals surface area contributed by atoms with E-state index in [-0.39, 0.29) is 6.10 Å². The van der Waals surface area contributed by atoms with Crippen molar-refractivity contribution >= 4 is 12.0 Å². The molecule has 2 N–H and O–H groups in total. The van der Waals surface area contributed by atoms with Gasteiger partial charge in [0.25, 0.3) is 0 Å². The molecular formula is C27H38O3. The van der Waals surface area contributed by atoms with Gasteiger partial charge in [-0.05, 0) is 72.5 Å². The number of rotatable bonds is 10. The molecule has 3 aliphatic carbocycles. The zero-order valence-corrected chi connectivity index (χ0v) is 18.8. The molecule has 3 fully saturated rings. The fraction of sp³-hybridized carbons (Fsp3) is 0.593. The number of aliphatic hydroxyl groups is 1. The van der Waals surface area contributed by atoms with Gasteiger partial charge in [-0.3, -0.25) is 0 Å². The lowest BCUT2D eigenvalue weighted by Crippen LogP contribution is -2.55. The van der Waals surface area contributed by atoms with Crippen LogP contribution >= 0.6 is 0 Å². The van der Waals surface area contributed by atoms with Crippen LogP contribution < -0.4 is 0 Å². The Morgan fingerprint density at radius 2 is 2.07 bits per heavy atom. The summed E-state index contributed by atoms with van der Waals surface area (Å²) in [6, 6.07) is 7.11. The van der Waals surface area contributed by atoms with E-state index in [9.17, 15) is 15.0 Å². The number of hydrogen-bond acceptors (Lipinski definition) is 2. The monoisotopic (exact) mass is 410 g/mol. The van der Waals surface area contributed by atoms with E-state index in [2.05, 4.69) is 39.0 Å². The summed E-state index contributed by atoms with van der Waals surface area (Å²) in [4.78, 5) is 11.2. The molecule has 0 spiro atoms. The van der Waals surface area contributed by atoms with Crippen LogP contribution in [0.25, 0.3) is 6.08 Å². The van der Waals surface area contributed by atoms with Crippen LogP contribution in [-0.4, -0.2) is 22.3 Å². The van der Waals surface area contributed by atoms with Gasteiger partial charge in [-0.25, -0.2) is 4.79 Å². The molecular weight excluding hydrogens is 372 g/mol. The maximum absolute atomic E-state index is 11.2. The average Bonchev–Trinajstić information content (AvgIpc) is 2.72. The standard InChI is InChI=1S/C27H38O3/c1-4-5-6-12-23(28)15-14-20-17-22-18-25(27(22,2)3)24(20)13-8-10-19-9-7-11-21(16-19)26(29)30/h7-11,14-16,20,22-25,28H,4-6,12-13,17-18H2,1-3H3,(H,29,30)/b10-8+,15-14+/t20?,22-,23+,24-,25-/m1/s1. The maximum Gasteiger partial charge on any atom is 0.335 e. The van der Waals surface area contributed by atoms with E-state index in [0.717, 1.165) is 36.7 Å². The molecule has 0 radical (unpaired) electrons. The molecule has 0 heterocycles. The Bertz CT molecular complexity index is 776. The molecule has 0 aliphatic heterocycles. The van der Waals surface area contributed by atoms with Crippen LogP contribution in [0.3, 0.4) is 0 Å².